The molecular formula is C18H25N3O2S. The zero-order valence-electron chi connectivity index (χ0n) is 14.2. The maximum atomic E-state index is 12.9. The number of aromatic nitrogens is 1. The molecule has 4 rings (SSSR count). The summed E-state index contributed by atoms with van der Waals surface area (Å²) < 4.78 is 0. The Morgan fingerprint density at radius 2 is 2.17 bits per heavy atom. The first-order valence-electron chi connectivity index (χ1n) is 9.08. The molecule has 1 aromatic heterocycles. The molecule has 24 heavy (non-hydrogen) atoms. The quantitative estimate of drug-likeness (QED) is 0.840. The summed E-state index contributed by atoms with van der Waals surface area (Å²) in [5.41, 5.74) is 1.07. The summed E-state index contributed by atoms with van der Waals surface area (Å²) in [7, 11) is 0. The van der Waals surface area contributed by atoms with Gasteiger partial charge in [-0.15, -0.1) is 11.3 Å². The zero-order chi connectivity index (χ0) is 16.7. The Morgan fingerprint density at radius 1 is 1.33 bits per heavy atom. The summed E-state index contributed by atoms with van der Waals surface area (Å²) >= 11 is 1.71. The number of amides is 2. The molecule has 0 radical (unpaired) electrons. The van der Waals surface area contributed by atoms with E-state index in [4.69, 9.17) is 0 Å². The Balaban J connectivity index is 1.38. The smallest absolute Gasteiger partial charge is 0.228 e. The van der Waals surface area contributed by atoms with E-state index in [2.05, 4.69) is 10.4 Å². The average Bonchev–Trinajstić information content (AvgIpc) is 3.18. The highest BCUT2D eigenvalue weighted by Crippen LogP contribution is 2.33. The molecule has 1 aliphatic carbocycles. The van der Waals surface area contributed by atoms with Gasteiger partial charge in [0.2, 0.25) is 11.8 Å². The number of aryl methyl sites for hydroxylation is 1. The van der Waals surface area contributed by atoms with Crippen LogP contribution >= 0.6 is 11.3 Å². The summed E-state index contributed by atoms with van der Waals surface area (Å²) in [6.45, 7) is 5.10. The lowest BCUT2D eigenvalue weighted by Gasteiger charge is -2.33. The third kappa shape index (κ3) is 3.34. The molecule has 2 unspecified atom stereocenters. The molecule has 0 bridgehead atoms. The van der Waals surface area contributed by atoms with Gasteiger partial charge in [-0.1, -0.05) is 0 Å². The molecule has 0 aromatic carbocycles. The van der Waals surface area contributed by atoms with Gasteiger partial charge in [0.25, 0.3) is 0 Å². The SMILES string of the molecule is Cc1csc(C2CCCN(C(=O)C3CC(=O)N(CC4CC4)C3)C2)n1. The van der Waals surface area contributed by atoms with E-state index in [1.54, 1.807) is 11.3 Å². The highest BCUT2D eigenvalue weighted by atomic mass is 32.1. The van der Waals surface area contributed by atoms with Crippen LogP contribution in [-0.2, 0) is 9.59 Å². The zero-order valence-corrected chi connectivity index (χ0v) is 15.1. The van der Waals surface area contributed by atoms with E-state index in [1.165, 1.54) is 12.8 Å². The second kappa shape index (κ2) is 6.47. The molecule has 2 saturated heterocycles. The van der Waals surface area contributed by atoms with E-state index in [9.17, 15) is 9.59 Å². The van der Waals surface area contributed by atoms with Crippen molar-refractivity contribution in [3.05, 3.63) is 16.1 Å². The number of likely N-dealkylation sites (tertiary alicyclic amines) is 2. The molecule has 130 valence electrons. The largest absolute Gasteiger partial charge is 0.342 e. The van der Waals surface area contributed by atoms with Crippen molar-refractivity contribution in [2.45, 2.75) is 44.9 Å². The number of hydrogen-bond acceptors (Lipinski definition) is 4. The van der Waals surface area contributed by atoms with E-state index < -0.39 is 0 Å². The summed E-state index contributed by atoms with van der Waals surface area (Å²) in [6.07, 6.45) is 5.02. The van der Waals surface area contributed by atoms with Crippen LogP contribution in [-0.4, -0.2) is 52.8 Å². The van der Waals surface area contributed by atoms with Crippen molar-refractivity contribution in [1.82, 2.24) is 14.8 Å². The molecule has 5 nitrogen and oxygen atoms in total. The minimum atomic E-state index is -0.131. The van der Waals surface area contributed by atoms with Crippen LogP contribution in [0, 0.1) is 18.8 Å². The first kappa shape index (κ1) is 16.1. The second-order valence-corrected chi connectivity index (χ2v) is 8.48. The lowest BCUT2D eigenvalue weighted by molar-refractivity contribution is -0.137. The minimum absolute atomic E-state index is 0.131. The van der Waals surface area contributed by atoms with Gasteiger partial charge in [-0.2, -0.15) is 0 Å². The Morgan fingerprint density at radius 3 is 2.88 bits per heavy atom. The standard InChI is InChI=1S/C18H25N3O2S/c1-12-11-24-17(19-12)14-3-2-6-20(9-14)18(23)15-7-16(22)21(10-15)8-13-4-5-13/h11,13-15H,2-10H2,1H3. The van der Waals surface area contributed by atoms with Gasteiger partial charge in [0.1, 0.15) is 0 Å². The van der Waals surface area contributed by atoms with E-state index >= 15 is 0 Å². The van der Waals surface area contributed by atoms with Gasteiger partial charge in [-0.05, 0) is 38.5 Å². The molecule has 1 aromatic rings. The molecule has 3 heterocycles. The highest BCUT2D eigenvalue weighted by Gasteiger charge is 2.39. The number of rotatable bonds is 4. The molecule has 0 N–H and O–H groups in total. The number of nitrogens with zero attached hydrogens (tertiary/aromatic N) is 3. The molecule has 3 fully saturated rings. The maximum Gasteiger partial charge on any atom is 0.228 e. The Bertz CT molecular complexity index is 640. The van der Waals surface area contributed by atoms with Crippen molar-refractivity contribution in [3.8, 4) is 0 Å². The molecule has 2 amide bonds. The summed E-state index contributed by atoms with van der Waals surface area (Å²) in [5, 5.41) is 3.24. The fourth-order valence-electron chi connectivity index (χ4n) is 3.92. The van der Waals surface area contributed by atoms with Crippen molar-refractivity contribution >= 4 is 23.2 Å². The fraction of sp³-hybridized carbons (Fsp3) is 0.722. The lowest BCUT2D eigenvalue weighted by Crippen LogP contribution is -2.43. The summed E-state index contributed by atoms with van der Waals surface area (Å²) in [5.74, 6) is 1.27. The van der Waals surface area contributed by atoms with Gasteiger partial charge in [-0.3, -0.25) is 9.59 Å². The normalized spacial score (nSPS) is 27.8. The third-order valence-electron chi connectivity index (χ3n) is 5.46. The fourth-order valence-corrected chi connectivity index (χ4v) is 4.85. The molecule has 0 spiro atoms. The number of carbonyl (C=O) groups excluding carboxylic acids is 2. The van der Waals surface area contributed by atoms with Gasteiger partial charge < -0.3 is 9.80 Å². The number of hydrogen-bond donors (Lipinski definition) is 0. The van der Waals surface area contributed by atoms with Crippen molar-refractivity contribution < 1.29 is 9.59 Å². The molecule has 2 atom stereocenters. The second-order valence-electron chi connectivity index (χ2n) is 7.59. The Hall–Kier alpha value is -1.43. The van der Waals surface area contributed by atoms with Crippen LogP contribution in [0.4, 0.5) is 0 Å². The van der Waals surface area contributed by atoms with Gasteiger partial charge in [0.05, 0.1) is 10.9 Å². The van der Waals surface area contributed by atoms with Gasteiger partial charge >= 0.3 is 0 Å². The van der Waals surface area contributed by atoms with Crippen LogP contribution in [0.25, 0.3) is 0 Å². The van der Waals surface area contributed by atoms with Crippen molar-refractivity contribution in [1.29, 1.82) is 0 Å². The summed E-state index contributed by atoms with van der Waals surface area (Å²) in [6, 6.07) is 0. The van der Waals surface area contributed by atoms with Crippen LogP contribution < -0.4 is 0 Å². The Labute approximate surface area is 147 Å². The Kier molecular flexibility index (Phi) is 4.33. The first-order chi connectivity index (χ1) is 11.6. The maximum absolute atomic E-state index is 12.9. The molecule has 2 aliphatic heterocycles. The number of piperidine rings is 1. The highest BCUT2D eigenvalue weighted by molar-refractivity contribution is 7.09. The van der Waals surface area contributed by atoms with E-state index in [0.717, 1.165) is 43.2 Å². The number of carbonyl (C=O) groups is 2. The van der Waals surface area contributed by atoms with Crippen molar-refractivity contribution in [3.63, 3.8) is 0 Å². The van der Waals surface area contributed by atoms with Crippen LogP contribution in [0.1, 0.15) is 48.7 Å². The van der Waals surface area contributed by atoms with E-state index in [1.807, 2.05) is 16.7 Å². The third-order valence-corrected chi connectivity index (χ3v) is 6.58. The topological polar surface area (TPSA) is 53.5 Å². The van der Waals surface area contributed by atoms with Gasteiger partial charge in [-0.25, -0.2) is 4.98 Å². The van der Waals surface area contributed by atoms with Crippen LogP contribution in [0.2, 0.25) is 0 Å². The summed E-state index contributed by atoms with van der Waals surface area (Å²) in [4.78, 5) is 33.6. The van der Waals surface area contributed by atoms with Gasteiger partial charge in [0, 0.05) is 49.6 Å². The van der Waals surface area contributed by atoms with Crippen LogP contribution in [0.15, 0.2) is 5.38 Å². The minimum Gasteiger partial charge on any atom is -0.342 e. The number of thiazole rings is 1. The van der Waals surface area contributed by atoms with Gasteiger partial charge in [0.15, 0.2) is 0 Å². The van der Waals surface area contributed by atoms with Crippen molar-refractivity contribution in [2.24, 2.45) is 11.8 Å². The molecular weight excluding hydrogens is 322 g/mol. The predicted molar refractivity (Wildman–Crippen MR) is 92.8 cm³/mol. The molecule has 1 saturated carbocycles. The lowest BCUT2D eigenvalue weighted by atomic mass is 9.96. The van der Waals surface area contributed by atoms with Crippen LogP contribution in [0.3, 0.4) is 0 Å². The van der Waals surface area contributed by atoms with Crippen molar-refractivity contribution in [2.75, 3.05) is 26.2 Å². The predicted octanol–water partition coefficient (Wildman–Crippen LogP) is 2.42. The molecule has 3 aliphatic rings. The molecule has 6 heteroatoms. The van der Waals surface area contributed by atoms with E-state index in [-0.39, 0.29) is 17.7 Å². The van der Waals surface area contributed by atoms with Crippen LogP contribution in [0.5, 0.6) is 0 Å². The first-order valence-corrected chi connectivity index (χ1v) is 9.96. The monoisotopic (exact) mass is 347 g/mol. The average molecular weight is 347 g/mol. The van der Waals surface area contributed by atoms with E-state index in [0.29, 0.717) is 24.8 Å².